The van der Waals surface area contributed by atoms with Gasteiger partial charge in [-0.15, -0.1) is 11.3 Å². The lowest BCUT2D eigenvalue weighted by atomic mass is 10.4. The van der Waals surface area contributed by atoms with Crippen LogP contribution in [0.4, 0.5) is 5.69 Å². The van der Waals surface area contributed by atoms with Crippen LogP contribution in [0.25, 0.3) is 0 Å². The molecule has 0 unspecified atom stereocenters. The van der Waals surface area contributed by atoms with Crippen LogP contribution in [0.1, 0.15) is 4.88 Å². The average Bonchev–Trinajstić information content (AvgIpc) is 2.81. The number of anilines is 1. The summed E-state index contributed by atoms with van der Waals surface area (Å²) in [6, 6.07) is 7.78. The molecule has 0 atom stereocenters. The lowest BCUT2D eigenvalue weighted by molar-refractivity contribution is 0.603. The molecule has 0 spiro atoms. The van der Waals surface area contributed by atoms with Crippen LogP contribution in [0.3, 0.4) is 0 Å². The summed E-state index contributed by atoms with van der Waals surface area (Å²) in [7, 11) is -3.73. The quantitative estimate of drug-likeness (QED) is 0.883. The summed E-state index contributed by atoms with van der Waals surface area (Å²) in [5.74, 6) is 0. The molecule has 0 aliphatic rings. The zero-order valence-corrected chi connectivity index (χ0v) is 11.2. The van der Waals surface area contributed by atoms with E-state index in [1.807, 2.05) is 6.07 Å². The highest BCUT2D eigenvalue weighted by Crippen LogP contribution is 2.25. The van der Waals surface area contributed by atoms with Crippen molar-refractivity contribution in [3.63, 3.8) is 0 Å². The molecular formula is C10H6ClN3O2S2. The summed E-state index contributed by atoms with van der Waals surface area (Å²) in [6.07, 6.45) is 1.46. The third-order valence-corrected chi connectivity index (χ3v) is 5.11. The van der Waals surface area contributed by atoms with Crippen LogP contribution in [0.15, 0.2) is 34.7 Å². The van der Waals surface area contributed by atoms with Gasteiger partial charge in [0.1, 0.15) is 15.2 Å². The van der Waals surface area contributed by atoms with E-state index < -0.39 is 10.0 Å². The van der Waals surface area contributed by atoms with Gasteiger partial charge in [-0.25, -0.2) is 13.4 Å². The first-order valence-electron chi connectivity index (χ1n) is 4.66. The second-order valence-electron chi connectivity index (χ2n) is 3.18. The Kier molecular flexibility index (Phi) is 3.52. The number of rotatable bonds is 3. The Balaban J connectivity index is 2.34. The van der Waals surface area contributed by atoms with E-state index in [1.165, 1.54) is 24.4 Å². The van der Waals surface area contributed by atoms with Gasteiger partial charge in [-0.05, 0) is 24.3 Å². The van der Waals surface area contributed by atoms with Gasteiger partial charge in [0.15, 0.2) is 5.15 Å². The molecule has 18 heavy (non-hydrogen) atoms. The number of hydrogen-bond donors (Lipinski definition) is 1. The van der Waals surface area contributed by atoms with Crippen LogP contribution in [0.5, 0.6) is 0 Å². The minimum atomic E-state index is -3.73. The van der Waals surface area contributed by atoms with Crippen molar-refractivity contribution in [2.45, 2.75) is 4.21 Å². The number of pyridine rings is 1. The van der Waals surface area contributed by atoms with Gasteiger partial charge in [0.05, 0.1) is 5.69 Å². The molecule has 0 aliphatic carbocycles. The normalized spacial score (nSPS) is 10.9. The Hall–Kier alpha value is -1.62. The monoisotopic (exact) mass is 299 g/mol. The van der Waals surface area contributed by atoms with Crippen LogP contribution in [-0.4, -0.2) is 13.4 Å². The van der Waals surface area contributed by atoms with Crippen LogP contribution in [0.2, 0.25) is 5.15 Å². The number of hydrogen-bond acceptors (Lipinski definition) is 5. The zero-order valence-electron chi connectivity index (χ0n) is 8.79. The molecule has 0 saturated heterocycles. The predicted molar refractivity (Wildman–Crippen MR) is 69.1 cm³/mol. The highest BCUT2D eigenvalue weighted by Gasteiger charge is 2.18. The first-order chi connectivity index (χ1) is 8.53. The number of nitrogens with zero attached hydrogens (tertiary/aromatic N) is 2. The molecule has 2 aromatic heterocycles. The summed E-state index contributed by atoms with van der Waals surface area (Å²) >= 11 is 6.65. The van der Waals surface area contributed by atoms with Crippen molar-refractivity contribution in [1.82, 2.24) is 4.98 Å². The molecule has 92 valence electrons. The van der Waals surface area contributed by atoms with Gasteiger partial charge >= 0.3 is 0 Å². The average molecular weight is 300 g/mol. The molecule has 5 nitrogen and oxygen atoms in total. The van der Waals surface area contributed by atoms with Gasteiger partial charge in [0, 0.05) is 6.20 Å². The Labute approximate surface area is 113 Å². The van der Waals surface area contributed by atoms with Crippen LogP contribution in [-0.2, 0) is 10.0 Å². The van der Waals surface area contributed by atoms with Crippen molar-refractivity contribution < 1.29 is 8.42 Å². The third-order valence-electron chi connectivity index (χ3n) is 1.96. The number of halogens is 1. The molecule has 2 rings (SSSR count). The van der Waals surface area contributed by atoms with E-state index in [-0.39, 0.29) is 15.0 Å². The molecule has 0 aromatic carbocycles. The van der Waals surface area contributed by atoms with E-state index in [0.717, 1.165) is 11.3 Å². The molecule has 0 aliphatic heterocycles. The maximum atomic E-state index is 12.0. The van der Waals surface area contributed by atoms with Crippen LogP contribution < -0.4 is 4.72 Å². The molecule has 2 aromatic rings. The summed E-state index contributed by atoms with van der Waals surface area (Å²) in [5, 5.41) is 8.73. The van der Waals surface area contributed by atoms with Crippen molar-refractivity contribution in [2.75, 3.05) is 4.72 Å². The van der Waals surface area contributed by atoms with Crippen LogP contribution in [0, 0.1) is 11.3 Å². The smallest absolute Gasteiger partial charge is 0.271 e. The lowest BCUT2D eigenvalue weighted by Crippen LogP contribution is -2.11. The second kappa shape index (κ2) is 4.94. The van der Waals surface area contributed by atoms with E-state index in [9.17, 15) is 8.42 Å². The largest absolute Gasteiger partial charge is 0.276 e. The fourth-order valence-electron chi connectivity index (χ4n) is 1.18. The molecule has 0 fully saturated rings. The van der Waals surface area contributed by atoms with Crippen molar-refractivity contribution in [2.24, 2.45) is 0 Å². The molecule has 0 radical (unpaired) electrons. The summed E-state index contributed by atoms with van der Waals surface area (Å²) in [4.78, 5) is 4.09. The maximum absolute atomic E-state index is 12.0. The van der Waals surface area contributed by atoms with Gasteiger partial charge in [-0.2, -0.15) is 5.26 Å². The highest BCUT2D eigenvalue weighted by molar-refractivity contribution is 7.94. The van der Waals surface area contributed by atoms with Gasteiger partial charge in [-0.3, -0.25) is 4.72 Å². The Morgan fingerprint density at radius 2 is 2.17 bits per heavy atom. The SMILES string of the molecule is N#Cc1ccc(S(=O)(=O)Nc2cccnc2Cl)s1. The van der Waals surface area contributed by atoms with E-state index in [4.69, 9.17) is 16.9 Å². The molecule has 8 heteroatoms. The standard InChI is InChI=1S/C10H6ClN3O2S2/c11-10-8(2-1-5-13-10)14-18(15,16)9-4-3-7(6-12)17-9/h1-5,14H. The first-order valence-corrected chi connectivity index (χ1v) is 7.34. The minimum absolute atomic E-state index is 0.0546. The Bertz CT molecular complexity index is 719. The van der Waals surface area contributed by atoms with E-state index >= 15 is 0 Å². The highest BCUT2D eigenvalue weighted by atomic mass is 35.5. The molecule has 0 saturated carbocycles. The number of sulfonamides is 1. The molecule has 0 bridgehead atoms. The van der Waals surface area contributed by atoms with Crippen molar-refractivity contribution in [3.8, 4) is 6.07 Å². The van der Waals surface area contributed by atoms with Crippen molar-refractivity contribution in [1.29, 1.82) is 5.26 Å². The van der Waals surface area contributed by atoms with Gasteiger partial charge in [0.25, 0.3) is 10.0 Å². The summed E-state index contributed by atoms with van der Waals surface area (Å²) < 4.78 is 26.3. The molecule has 1 N–H and O–H groups in total. The molecule has 0 amide bonds. The van der Waals surface area contributed by atoms with E-state index in [2.05, 4.69) is 9.71 Å². The summed E-state index contributed by atoms with van der Waals surface area (Å²) in [5.41, 5.74) is 0.200. The fourth-order valence-corrected chi connectivity index (χ4v) is 3.57. The minimum Gasteiger partial charge on any atom is -0.276 e. The zero-order chi connectivity index (χ0) is 13.2. The number of aromatic nitrogens is 1. The van der Waals surface area contributed by atoms with Crippen molar-refractivity contribution >= 4 is 38.6 Å². The van der Waals surface area contributed by atoms with Gasteiger partial charge in [0.2, 0.25) is 0 Å². The van der Waals surface area contributed by atoms with E-state index in [1.54, 1.807) is 6.07 Å². The van der Waals surface area contributed by atoms with Gasteiger partial charge < -0.3 is 0 Å². The molecule has 2 heterocycles. The second-order valence-corrected chi connectivity index (χ2v) is 6.53. The van der Waals surface area contributed by atoms with Crippen molar-refractivity contribution in [3.05, 3.63) is 40.5 Å². The predicted octanol–water partition coefficient (Wildman–Crippen LogP) is 2.47. The third kappa shape index (κ3) is 2.61. The Morgan fingerprint density at radius 1 is 1.39 bits per heavy atom. The first kappa shape index (κ1) is 12.8. The van der Waals surface area contributed by atoms with Crippen LogP contribution >= 0.6 is 22.9 Å². The summed E-state index contributed by atoms with van der Waals surface area (Å²) in [6.45, 7) is 0. The number of nitrogens with one attached hydrogen (secondary N) is 1. The number of nitriles is 1. The fraction of sp³-hybridized carbons (Fsp3) is 0. The van der Waals surface area contributed by atoms with E-state index in [0.29, 0.717) is 4.88 Å². The number of thiophene rings is 1. The topological polar surface area (TPSA) is 82.8 Å². The Morgan fingerprint density at radius 3 is 2.78 bits per heavy atom. The van der Waals surface area contributed by atoms with Gasteiger partial charge in [-0.1, -0.05) is 11.6 Å². The molecular weight excluding hydrogens is 294 g/mol. The maximum Gasteiger partial charge on any atom is 0.271 e. The lowest BCUT2D eigenvalue weighted by Gasteiger charge is -2.06.